The Hall–Kier alpha value is -1.94. The maximum atomic E-state index is 13.0. The van der Waals surface area contributed by atoms with Gasteiger partial charge in [-0.1, -0.05) is 17.7 Å². The van der Waals surface area contributed by atoms with Gasteiger partial charge in [0.05, 0.1) is 12.1 Å². The van der Waals surface area contributed by atoms with Crippen LogP contribution in [0, 0.1) is 5.82 Å². The Morgan fingerprint density at radius 1 is 1.26 bits per heavy atom. The van der Waals surface area contributed by atoms with Crippen molar-refractivity contribution >= 4 is 17.3 Å². The summed E-state index contributed by atoms with van der Waals surface area (Å²) in [6.07, 6.45) is 0. The van der Waals surface area contributed by atoms with Crippen molar-refractivity contribution in [2.24, 2.45) is 0 Å². The zero-order chi connectivity index (χ0) is 13.8. The molecule has 0 amide bonds. The normalized spacial score (nSPS) is 10.3. The first-order valence-electron chi connectivity index (χ1n) is 5.65. The second-order valence-electron chi connectivity index (χ2n) is 3.99. The number of methoxy groups -OCH3 is 1. The van der Waals surface area contributed by atoms with E-state index in [4.69, 9.17) is 16.3 Å². The van der Waals surface area contributed by atoms with Crippen molar-refractivity contribution in [1.29, 1.82) is 0 Å². The van der Waals surface area contributed by atoms with Crippen molar-refractivity contribution in [2.45, 2.75) is 6.54 Å². The van der Waals surface area contributed by atoms with Gasteiger partial charge >= 0.3 is 0 Å². The Morgan fingerprint density at radius 2 is 2.05 bits per heavy atom. The van der Waals surface area contributed by atoms with Crippen LogP contribution >= 0.6 is 11.6 Å². The predicted molar refractivity (Wildman–Crippen MR) is 73.4 cm³/mol. The van der Waals surface area contributed by atoms with Crippen molar-refractivity contribution < 1.29 is 14.2 Å². The van der Waals surface area contributed by atoms with Gasteiger partial charge in [0.15, 0.2) is 11.5 Å². The number of hydrogen-bond donors (Lipinski definition) is 2. The van der Waals surface area contributed by atoms with Crippen molar-refractivity contribution in [3.05, 3.63) is 52.8 Å². The highest BCUT2D eigenvalue weighted by Gasteiger charge is 2.04. The van der Waals surface area contributed by atoms with Crippen LogP contribution in [0.3, 0.4) is 0 Å². The molecule has 0 aromatic heterocycles. The number of benzene rings is 2. The lowest BCUT2D eigenvalue weighted by atomic mass is 10.2. The van der Waals surface area contributed by atoms with Crippen LogP contribution in [-0.2, 0) is 6.54 Å². The van der Waals surface area contributed by atoms with Crippen molar-refractivity contribution in [3.63, 3.8) is 0 Å². The molecule has 2 N–H and O–H groups in total. The minimum absolute atomic E-state index is 0.0771. The fraction of sp³-hybridized carbons (Fsp3) is 0.143. The summed E-state index contributed by atoms with van der Waals surface area (Å²) in [5.74, 6) is 0.0611. The van der Waals surface area contributed by atoms with Crippen LogP contribution in [0.15, 0.2) is 36.4 Å². The topological polar surface area (TPSA) is 41.5 Å². The first kappa shape index (κ1) is 13.5. The van der Waals surface area contributed by atoms with E-state index in [2.05, 4.69) is 5.32 Å². The Kier molecular flexibility index (Phi) is 4.12. The maximum Gasteiger partial charge on any atom is 0.160 e. The summed E-state index contributed by atoms with van der Waals surface area (Å²) in [5, 5.41) is 12.7. The molecule has 0 heterocycles. The van der Waals surface area contributed by atoms with Crippen LogP contribution in [-0.4, -0.2) is 12.2 Å². The number of phenols is 1. The van der Waals surface area contributed by atoms with E-state index in [0.717, 1.165) is 11.3 Å². The minimum atomic E-state index is -0.446. The summed E-state index contributed by atoms with van der Waals surface area (Å²) in [7, 11) is 1.49. The Morgan fingerprint density at radius 3 is 2.74 bits per heavy atom. The molecule has 0 saturated carbocycles. The lowest BCUT2D eigenvalue weighted by molar-refractivity contribution is 0.373. The van der Waals surface area contributed by atoms with E-state index >= 15 is 0 Å². The second kappa shape index (κ2) is 5.80. The van der Waals surface area contributed by atoms with Crippen molar-refractivity contribution in [1.82, 2.24) is 0 Å². The highest BCUT2D eigenvalue weighted by Crippen LogP contribution is 2.27. The van der Waals surface area contributed by atoms with E-state index in [0.29, 0.717) is 12.3 Å². The molecule has 0 bridgehead atoms. The van der Waals surface area contributed by atoms with Gasteiger partial charge in [-0.15, -0.1) is 0 Å². The van der Waals surface area contributed by atoms with E-state index in [1.165, 1.54) is 19.2 Å². The Bertz CT molecular complexity index is 590. The number of phenolic OH excluding ortho intramolecular Hbond substituents is 1. The molecule has 0 unspecified atom stereocenters. The third-order valence-electron chi connectivity index (χ3n) is 2.66. The van der Waals surface area contributed by atoms with E-state index in [-0.39, 0.29) is 10.8 Å². The van der Waals surface area contributed by atoms with Gasteiger partial charge in [0.2, 0.25) is 0 Å². The first-order valence-corrected chi connectivity index (χ1v) is 6.03. The van der Waals surface area contributed by atoms with Gasteiger partial charge in [-0.2, -0.15) is 0 Å². The summed E-state index contributed by atoms with van der Waals surface area (Å²) >= 11 is 5.70. The highest BCUT2D eigenvalue weighted by atomic mass is 35.5. The third kappa shape index (κ3) is 3.29. The summed E-state index contributed by atoms with van der Waals surface area (Å²) < 4.78 is 18.0. The monoisotopic (exact) mass is 281 g/mol. The van der Waals surface area contributed by atoms with Gasteiger partial charge in [-0.25, -0.2) is 4.39 Å². The lowest BCUT2D eigenvalue weighted by Gasteiger charge is -2.09. The minimum Gasteiger partial charge on any atom is -0.504 e. The summed E-state index contributed by atoms with van der Waals surface area (Å²) in [6, 6.07) is 9.51. The van der Waals surface area contributed by atoms with Gasteiger partial charge < -0.3 is 15.2 Å². The molecule has 2 aromatic carbocycles. The molecule has 5 heteroatoms. The maximum absolute atomic E-state index is 13.0. The zero-order valence-corrected chi connectivity index (χ0v) is 11.0. The van der Waals surface area contributed by atoms with Gasteiger partial charge in [-0.3, -0.25) is 0 Å². The van der Waals surface area contributed by atoms with E-state index in [9.17, 15) is 9.50 Å². The molecule has 19 heavy (non-hydrogen) atoms. The number of rotatable bonds is 4. The van der Waals surface area contributed by atoms with E-state index < -0.39 is 5.82 Å². The predicted octanol–water partition coefficient (Wildman–Crippen LogP) is 3.81. The van der Waals surface area contributed by atoms with Gasteiger partial charge in [-0.05, 0) is 35.9 Å². The lowest BCUT2D eigenvalue weighted by Crippen LogP contribution is -2.00. The van der Waals surface area contributed by atoms with Gasteiger partial charge in [0.25, 0.3) is 0 Å². The molecule has 0 atom stereocenters. The summed E-state index contributed by atoms with van der Waals surface area (Å²) in [5.41, 5.74) is 1.65. The molecule has 2 rings (SSSR count). The highest BCUT2D eigenvalue weighted by molar-refractivity contribution is 6.31. The van der Waals surface area contributed by atoms with E-state index in [1.54, 1.807) is 24.3 Å². The molecule has 0 aliphatic carbocycles. The SMILES string of the molecule is COc1cc(CNc2ccc(F)c(Cl)c2)ccc1O. The zero-order valence-electron chi connectivity index (χ0n) is 10.3. The molecule has 100 valence electrons. The molecular weight excluding hydrogens is 269 g/mol. The molecular formula is C14H13ClFNO2. The molecule has 0 fully saturated rings. The number of anilines is 1. The first-order chi connectivity index (χ1) is 9.10. The molecule has 0 aliphatic rings. The number of halogens is 2. The smallest absolute Gasteiger partial charge is 0.160 e. The summed E-state index contributed by atoms with van der Waals surface area (Å²) in [6.45, 7) is 0.513. The second-order valence-corrected chi connectivity index (χ2v) is 4.40. The fourth-order valence-corrected chi connectivity index (χ4v) is 1.82. The van der Waals surface area contributed by atoms with Crippen LogP contribution in [0.25, 0.3) is 0 Å². The van der Waals surface area contributed by atoms with Crippen LogP contribution in [0.5, 0.6) is 11.5 Å². The molecule has 0 aliphatic heterocycles. The number of nitrogens with one attached hydrogen (secondary N) is 1. The number of ether oxygens (including phenoxy) is 1. The van der Waals surface area contributed by atoms with Crippen molar-refractivity contribution in [2.75, 3.05) is 12.4 Å². The molecule has 2 aromatic rings. The van der Waals surface area contributed by atoms with Crippen LogP contribution < -0.4 is 10.1 Å². The molecule has 0 spiro atoms. The average molecular weight is 282 g/mol. The average Bonchev–Trinajstić information content (AvgIpc) is 2.41. The number of hydrogen-bond acceptors (Lipinski definition) is 3. The standard InChI is InChI=1S/C14H13ClFNO2/c1-19-14-6-9(2-5-13(14)18)8-17-10-3-4-12(16)11(15)7-10/h2-7,17-18H,8H2,1H3. The Balaban J connectivity index is 2.07. The van der Waals surface area contributed by atoms with Gasteiger partial charge in [0, 0.05) is 12.2 Å². The number of aromatic hydroxyl groups is 1. The third-order valence-corrected chi connectivity index (χ3v) is 2.95. The Labute approximate surface area is 115 Å². The van der Waals surface area contributed by atoms with Crippen molar-refractivity contribution in [3.8, 4) is 11.5 Å². The molecule has 0 radical (unpaired) electrons. The van der Waals surface area contributed by atoms with Gasteiger partial charge in [0.1, 0.15) is 5.82 Å². The van der Waals surface area contributed by atoms with E-state index in [1.807, 2.05) is 0 Å². The molecule has 0 saturated heterocycles. The fourth-order valence-electron chi connectivity index (χ4n) is 1.64. The van der Waals surface area contributed by atoms with Crippen LogP contribution in [0.4, 0.5) is 10.1 Å². The molecule has 3 nitrogen and oxygen atoms in total. The van der Waals surface area contributed by atoms with Crippen LogP contribution in [0.2, 0.25) is 5.02 Å². The quantitative estimate of drug-likeness (QED) is 0.895. The van der Waals surface area contributed by atoms with Crippen LogP contribution in [0.1, 0.15) is 5.56 Å². The summed E-state index contributed by atoms with van der Waals surface area (Å²) in [4.78, 5) is 0. The largest absolute Gasteiger partial charge is 0.504 e.